The first-order chi connectivity index (χ1) is 14.3. The summed E-state index contributed by atoms with van der Waals surface area (Å²) in [6, 6.07) is 7.58. The molecule has 3 aromatic rings. The van der Waals surface area contributed by atoms with Gasteiger partial charge in [0.15, 0.2) is 5.43 Å². The summed E-state index contributed by atoms with van der Waals surface area (Å²) in [5.74, 6) is -2.61. The fourth-order valence-corrected chi connectivity index (χ4v) is 4.80. The van der Waals surface area contributed by atoms with Crippen molar-refractivity contribution in [3.63, 3.8) is 0 Å². The molecule has 0 saturated heterocycles. The van der Waals surface area contributed by atoms with Crippen molar-refractivity contribution in [1.82, 2.24) is 5.06 Å². The third-order valence-corrected chi connectivity index (χ3v) is 6.91. The van der Waals surface area contributed by atoms with Gasteiger partial charge in [0.05, 0.1) is 15.8 Å². The molecular weight excluding hydrogens is 459 g/mol. The standard InChI is InChI=1S/C19H12F3NO6S2/c1-8(2)9-3-6-13-12(7-9)15(24)11-5-4-10-14(16(11)30-13)18(26)23(17(10)25)29-31(27,28)19(20,21)22/h3-8H,1-2H3. The number of amides is 2. The fourth-order valence-electron chi connectivity index (χ4n) is 3.20. The predicted molar refractivity (Wildman–Crippen MR) is 106 cm³/mol. The lowest BCUT2D eigenvalue weighted by atomic mass is 10.0. The van der Waals surface area contributed by atoms with Crippen LogP contribution in [0.1, 0.15) is 46.0 Å². The van der Waals surface area contributed by atoms with Crippen molar-refractivity contribution in [1.29, 1.82) is 0 Å². The quantitative estimate of drug-likeness (QED) is 0.326. The number of hydroxylamine groups is 2. The number of imide groups is 1. The number of nitrogens with zero attached hydrogens (tertiary/aromatic N) is 1. The number of carbonyl (C=O) groups excluding carboxylic acids is 2. The van der Waals surface area contributed by atoms with Crippen LogP contribution < -0.4 is 5.43 Å². The minimum Gasteiger partial charge on any atom is -0.289 e. The second-order valence-corrected chi connectivity index (χ2v) is 9.66. The van der Waals surface area contributed by atoms with Crippen LogP contribution in [0, 0.1) is 0 Å². The zero-order valence-corrected chi connectivity index (χ0v) is 17.4. The van der Waals surface area contributed by atoms with Crippen molar-refractivity contribution in [3.05, 3.63) is 57.2 Å². The summed E-state index contributed by atoms with van der Waals surface area (Å²) in [6.45, 7) is 3.91. The maximum atomic E-state index is 13.0. The fraction of sp³-hybridized carbons (Fsp3) is 0.211. The summed E-state index contributed by atoms with van der Waals surface area (Å²) in [7, 11) is -6.25. The first kappa shape index (κ1) is 21.4. The van der Waals surface area contributed by atoms with Gasteiger partial charge in [-0.1, -0.05) is 19.9 Å². The van der Waals surface area contributed by atoms with E-state index in [2.05, 4.69) is 4.28 Å². The van der Waals surface area contributed by atoms with Gasteiger partial charge in [-0.05, 0) is 35.7 Å². The van der Waals surface area contributed by atoms with Gasteiger partial charge < -0.3 is 0 Å². The van der Waals surface area contributed by atoms with E-state index in [-0.39, 0.29) is 27.1 Å². The molecule has 0 fully saturated rings. The van der Waals surface area contributed by atoms with Crippen LogP contribution in [0.15, 0.2) is 35.1 Å². The molecule has 0 unspecified atom stereocenters. The lowest BCUT2D eigenvalue weighted by Crippen LogP contribution is -2.37. The van der Waals surface area contributed by atoms with Gasteiger partial charge >= 0.3 is 15.6 Å². The number of halogens is 3. The number of benzene rings is 2. The molecule has 1 aliphatic rings. The van der Waals surface area contributed by atoms with E-state index in [4.69, 9.17) is 0 Å². The molecule has 0 atom stereocenters. The lowest BCUT2D eigenvalue weighted by molar-refractivity contribution is -0.0748. The van der Waals surface area contributed by atoms with E-state index in [0.29, 0.717) is 10.1 Å². The molecule has 0 aliphatic carbocycles. The number of rotatable bonds is 3. The van der Waals surface area contributed by atoms with Crippen LogP contribution >= 0.6 is 11.3 Å². The van der Waals surface area contributed by atoms with Gasteiger partial charge in [-0.25, -0.2) is 0 Å². The van der Waals surface area contributed by atoms with Crippen LogP contribution in [0.25, 0.3) is 20.2 Å². The van der Waals surface area contributed by atoms with Crippen LogP contribution in [-0.4, -0.2) is 30.8 Å². The second kappa shape index (κ2) is 6.84. The first-order valence-corrected chi connectivity index (χ1v) is 11.0. The van der Waals surface area contributed by atoms with Gasteiger partial charge in [0, 0.05) is 15.5 Å². The van der Waals surface area contributed by atoms with E-state index in [1.54, 1.807) is 18.2 Å². The molecule has 0 N–H and O–H groups in total. The molecule has 0 bridgehead atoms. The molecule has 2 amide bonds. The average molecular weight is 471 g/mol. The highest BCUT2D eigenvalue weighted by molar-refractivity contribution is 7.87. The zero-order valence-electron chi connectivity index (χ0n) is 15.8. The number of hydrogen-bond acceptors (Lipinski definition) is 7. The van der Waals surface area contributed by atoms with E-state index in [1.165, 1.54) is 6.07 Å². The summed E-state index contributed by atoms with van der Waals surface area (Å²) in [4.78, 5) is 38.1. The normalized spacial score (nSPS) is 14.8. The van der Waals surface area contributed by atoms with E-state index in [0.717, 1.165) is 23.0 Å². The van der Waals surface area contributed by atoms with E-state index < -0.39 is 37.9 Å². The number of fused-ring (bicyclic) bond motifs is 4. The molecule has 7 nitrogen and oxygen atoms in total. The highest BCUT2D eigenvalue weighted by Gasteiger charge is 2.52. The van der Waals surface area contributed by atoms with Gasteiger partial charge in [0.1, 0.15) is 0 Å². The molecule has 2 aromatic carbocycles. The number of hydrogen-bond donors (Lipinski definition) is 0. The van der Waals surface area contributed by atoms with E-state index in [1.807, 2.05) is 13.8 Å². The number of alkyl halides is 3. The molecule has 12 heteroatoms. The highest BCUT2D eigenvalue weighted by Crippen LogP contribution is 2.36. The topological polar surface area (TPSA) is 97.8 Å². The first-order valence-electron chi connectivity index (χ1n) is 8.76. The smallest absolute Gasteiger partial charge is 0.289 e. The van der Waals surface area contributed by atoms with Gasteiger partial charge in [-0.15, -0.1) is 20.7 Å². The second-order valence-electron chi connectivity index (χ2n) is 7.09. The van der Waals surface area contributed by atoms with Gasteiger partial charge in [0.2, 0.25) is 0 Å². The van der Waals surface area contributed by atoms with Crippen molar-refractivity contribution in [2.45, 2.75) is 25.3 Å². The average Bonchev–Trinajstić information content (AvgIpc) is 2.91. The van der Waals surface area contributed by atoms with Crippen LogP contribution in [0.4, 0.5) is 13.2 Å². The maximum absolute atomic E-state index is 13.0. The van der Waals surface area contributed by atoms with Gasteiger partial charge in [0.25, 0.3) is 11.8 Å². The third kappa shape index (κ3) is 3.22. The summed E-state index contributed by atoms with van der Waals surface area (Å²) < 4.78 is 64.8. The SMILES string of the molecule is CC(C)c1ccc2sc3c4c(ccc3c(=O)c2c1)C(=O)N(OS(=O)(=O)C(F)(F)F)C4=O. The Hall–Kier alpha value is -2.83. The Morgan fingerprint density at radius 1 is 1.00 bits per heavy atom. The summed E-state index contributed by atoms with van der Waals surface area (Å²) in [6.07, 6.45) is 0. The summed E-state index contributed by atoms with van der Waals surface area (Å²) in [5.41, 5.74) is -6.07. The Bertz CT molecular complexity index is 1460. The Balaban J connectivity index is 1.92. The molecule has 1 aromatic heterocycles. The molecule has 2 heterocycles. The van der Waals surface area contributed by atoms with Crippen LogP contribution in [-0.2, 0) is 14.4 Å². The molecule has 1 aliphatic heterocycles. The molecule has 0 saturated carbocycles. The van der Waals surface area contributed by atoms with Crippen molar-refractivity contribution < 1.29 is 35.5 Å². The van der Waals surface area contributed by atoms with Crippen LogP contribution in [0.5, 0.6) is 0 Å². The lowest BCUT2D eigenvalue weighted by Gasteiger charge is -2.14. The highest BCUT2D eigenvalue weighted by atomic mass is 32.2. The Labute approximate surface area is 176 Å². The van der Waals surface area contributed by atoms with E-state index in [9.17, 15) is 36.0 Å². The number of carbonyl (C=O) groups is 2. The van der Waals surface area contributed by atoms with Crippen molar-refractivity contribution >= 4 is 53.4 Å². The Morgan fingerprint density at radius 2 is 1.68 bits per heavy atom. The molecule has 31 heavy (non-hydrogen) atoms. The summed E-state index contributed by atoms with van der Waals surface area (Å²) in [5, 5.41) is 0.0305. The van der Waals surface area contributed by atoms with E-state index >= 15 is 0 Å². The van der Waals surface area contributed by atoms with Crippen molar-refractivity contribution in [2.75, 3.05) is 0 Å². The maximum Gasteiger partial charge on any atom is 0.525 e. The molecular formula is C19H12F3NO6S2. The Kier molecular flexibility index (Phi) is 4.72. The largest absolute Gasteiger partial charge is 0.525 e. The van der Waals surface area contributed by atoms with Crippen molar-refractivity contribution in [3.8, 4) is 0 Å². The monoisotopic (exact) mass is 471 g/mol. The minimum absolute atomic E-state index is 0.0566. The Morgan fingerprint density at radius 3 is 2.29 bits per heavy atom. The predicted octanol–water partition coefficient (Wildman–Crippen LogP) is 3.92. The third-order valence-electron chi connectivity index (χ3n) is 4.80. The minimum atomic E-state index is -6.25. The summed E-state index contributed by atoms with van der Waals surface area (Å²) >= 11 is 0.996. The van der Waals surface area contributed by atoms with Crippen molar-refractivity contribution in [2.24, 2.45) is 0 Å². The zero-order chi connectivity index (χ0) is 22.9. The van der Waals surface area contributed by atoms with Crippen LogP contribution in [0.3, 0.4) is 0 Å². The molecule has 4 rings (SSSR count). The van der Waals surface area contributed by atoms with Crippen LogP contribution in [0.2, 0.25) is 0 Å². The van der Waals surface area contributed by atoms with Gasteiger partial charge in [-0.3, -0.25) is 14.4 Å². The molecule has 0 radical (unpaired) electrons. The molecule has 162 valence electrons. The van der Waals surface area contributed by atoms with Gasteiger partial charge in [-0.2, -0.15) is 21.6 Å². The molecule has 0 spiro atoms.